The van der Waals surface area contributed by atoms with E-state index in [1.54, 1.807) is 11.6 Å². The van der Waals surface area contributed by atoms with Crippen LogP contribution in [0.15, 0.2) is 36.9 Å². The van der Waals surface area contributed by atoms with Gasteiger partial charge in [-0.05, 0) is 68.1 Å². The molecule has 1 aliphatic carbocycles. The lowest BCUT2D eigenvalue weighted by Crippen LogP contribution is -2.61. The molecule has 0 aromatic carbocycles. The fraction of sp³-hybridized carbons (Fsp3) is 0.548. The van der Waals surface area contributed by atoms with E-state index in [1.807, 2.05) is 12.3 Å². The summed E-state index contributed by atoms with van der Waals surface area (Å²) in [6.07, 6.45) is 13.2. The van der Waals surface area contributed by atoms with Crippen LogP contribution in [-0.4, -0.2) is 74.1 Å². The van der Waals surface area contributed by atoms with Crippen LogP contribution in [0.2, 0.25) is 0 Å². The van der Waals surface area contributed by atoms with Gasteiger partial charge in [0.25, 0.3) is 0 Å². The van der Waals surface area contributed by atoms with E-state index in [9.17, 15) is 0 Å². The van der Waals surface area contributed by atoms with Crippen LogP contribution >= 0.6 is 0 Å². The van der Waals surface area contributed by atoms with Crippen molar-refractivity contribution in [2.75, 3.05) is 33.4 Å². The van der Waals surface area contributed by atoms with Crippen molar-refractivity contribution in [2.45, 2.75) is 70.3 Å². The number of nitrogens with zero attached hydrogens (tertiary/aromatic N) is 6. The Kier molecular flexibility index (Phi) is 6.59. The number of nitrogens with one attached hydrogen (secondary N) is 1. The molecule has 0 bridgehead atoms. The van der Waals surface area contributed by atoms with Crippen molar-refractivity contribution in [1.29, 1.82) is 0 Å². The summed E-state index contributed by atoms with van der Waals surface area (Å²) in [6, 6.07) is 7.17. The number of hydrogen-bond donors (Lipinski definition) is 1. The molecule has 1 spiro atoms. The lowest BCUT2D eigenvalue weighted by molar-refractivity contribution is -0.102. The summed E-state index contributed by atoms with van der Waals surface area (Å²) in [5, 5.41) is 12.4. The van der Waals surface area contributed by atoms with Gasteiger partial charge in [-0.15, -0.1) is 0 Å². The first kappa shape index (κ1) is 25.7. The summed E-state index contributed by atoms with van der Waals surface area (Å²) in [5.74, 6) is 1.52. The molecule has 1 N–H and O–H groups in total. The fourth-order valence-electron chi connectivity index (χ4n) is 7.27. The minimum atomic E-state index is 0.250. The van der Waals surface area contributed by atoms with Gasteiger partial charge in [0.15, 0.2) is 11.4 Å². The van der Waals surface area contributed by atoms with Crippen molar-refractivity contribution >= 4 is 5.65 Å². The second kappa shape index (κ2) is 10.3. The van der Waals surface area contributed by atoms with Gasteiger partial charge in [0.1, 0.15) is 12.0 Å². The molecule has 0 unspecified atom stereocenters. The fourth-order valence-corrected chi connectivity index (χ4v) is 7.27. The van der Waals surface area contributed by atoms with Gasteiger partial charge < -0.3 is 9.47 Å². The maximum atomic E-state index is 5.60. The van der Waals surface area contributed by atoms with Crippen molar-refractivity contribution < 1.29 is 9.47 Å². The zero-order valence-electron chi connectivity index (χ0n) is 23.8. The van der Waals surface area contributed by atoms with Gasteiger partial charge in [-0.25, -0.2) is 9.50 Å². The highest BCUT2D eigenvalue weighted by Gasteiger charge is 2.46. The summed E-state index contributed by atoms with van der Waals surface area (Å²) in [5.41, 5.74) is 7.46. The topological polar surface area (TPSA) is 93.5 Å². The van der Waals surface area contributed by atoms with Gasteiger partial charge in [0.2, 0.25) is 0 Å². The summed E-state index contributed by atoms with van der Waals surface area (Å²) in [7, 11) is 1.65. The normalized spacial score (nSPS) is 23.1. The van der Waals surface area contributed by atoms with Crippen LogP contribution in [0.3, 0.4) is 0 Å². The smallest absolute Gasteiger partial charge is 0.197 e. The second-order valence-electron chi connectivity index (χ2n) is 12.3. The first-order valence-corrected chi connectivity index (χ1v) is 14.8. The number of aromatic amines is 1. The van der Waals surface area contributed by atoms with Gasteiger partial charge in [-0.3, -0.25) is 15.0 Å². The number of rotatable bonds is 6. The average Bonchev–Trinajstić information content (AvgIpc) is 3.64. The number of hydrogen-bond acceptors (Lipinski definition) is 7. The number of likely N-dealkylation sites (tertiary alicyclic amines) is 1. The Morgan fingerprint density at radius 1 is 1.07 bits per heavy atom. The van der Waals surface area contributed by atoms with E-state index in [0.29, 0.717) is 22.7 Å². The predicted octanol–water partition coefficient (Wildman–Crippen LogP) is 5.45. The number of methoxy groups -OCH3 is 1. The van der Waals surface area contributed by atoms with Crippen molar-refractivity contribution in [3.8, 4) is 28.4 Å². The van der Waals surface area contributed by atoms with Crippen LogP contribution in [0.4, 0.5) is 0 Å². The van der Waals surface area contributed by atoms with E-state index >= 15 is 0 Å². The molecule has 9 nitrogen and oxygen atoms in total. The molecular weight excluding hydrogens is 502 g/mol. The van der Waals surface area contributed by atoms with Crippen LogP contribution in [0, 0.1) is 5.41 Å². The van der Waals surface area contributed by atoms with Crippen LogP contribution < -0.4 is 4.74 Å². The molecule has 3 aliphatic rings. The van der Waals surface area contributed by atoms with Gasteiger partial charge in [0, 0.05) is 61.3 Å². The number of fused-ring (bicyclic) bond motifs is 1. The van der Waals surface area contributed by atoms with Gasteiger partial charge in [0.05, 0.1) is 18.5 Å². The molecular formula is C31H39N7O2. The molecule has 0 amide bonds. The third-order valence-corrected chi connectivity index (χ3v) is 9.58. The third kappa shape index (κ3) is 4.49. The Morgan fingerprint density at radius 2 is 1.88 bits per heavy atom. The molecule has 3 fully saturated rings. The average molecular weight is 542 g/mol. The highest BCUT2D eigenvalue weighted by Crippen LogP contribution is 2.44. The van der Waals surface area contributed by atoms with E-state index < -0.39 is 0 Å². The Balaban J connectivity index is 1.06. The first-order valence-electron chi connectivity index (χ1n) is 14.8. The van der Waals surface area contributed by atoms with Gasteiger partial charge >= 0.3 is 0 Å². The summed E-state index contributed by atoms with van der Waals surface area (Å²) >= 11 is 0. The lowest BCUT2D eigenvalue weighted by atomic mass is 9.71. The summed E-state index contributed by atoms with van der Waals surface area (Å²) < 4.78 is 12.9. The van der Waals surface area contributed by atoms with E-state index in [-0.39, 0.29) is 5.92 Å². The minimum absolute atomic E-state index is 0.250. The standard InChI is InChI=1S/C31H39N7O2/c1-20(2)27-28(23-14-26(39-3)30-33-19-34-38(30)16-23)35-36-29(27)25-9-6-22(15-32-25)21-4-7-24(8-5-21)37-17-31(18-37)10-12-40-13-11-31/h6,9,14-16,19-21,24H,4-5,7-8,10-13,17-18H2,1-3H3,(H,35,36). The molecule has 4 aromatic rings. The van der Waals surface area contributed by atoms with Gasteiger partial charge in [-0.2, -0.15) is 10.2 Å². The highest BCUT2D eigenvalue weighted by atomic mass is 16.5. The largest absolute Gasteiger partial charge is 0.493 e. The number of H-pyrrole nitrogens is 1. The molecule has 4 aromatic heterocycles. The van der Waals surface area contributed by atoms with Crippen molar-refractivity contribution in [2.24, 2.45) is 5.41 Å². The van der Waals surface area contributed by atoms with E-state index in [0.717, 1.165) is 47.5 Å². The Hall–Kier alpha value is -3.30. The molecule has 40 heavy (non-hydrogen) atoms. The molecule has 210 valence electrons. The summed E-state index contributed by atoms with van der Waals surface area (Å²) in [6.45, 7) is 8.86. The van der Waals surface area contributed by atoms with Crippen molar-refractivity contribution in [3.63, 3.8) is 0 Å². The molecule has 2 saturated heterocycles. The van der Waals surface area contributed by atoms with Gasteiger partial charge in [-0.1, -0.05) is 19.9 Å². The molecule has 9 heteroatoms. The van der Waals surface area contributed by atoms with Crippen LogP contribution in [0.5, 0.6) is 5.75 Å². The number of ether oxygens (including phenoxy) is 2. The monoisotopic (exact) mass is 541 g/mol. The maximum Gasteiger partial charge on any atom is 0.197 e. The van der Waals surface area contributed by atoms with Crippen LogP contribution in [0.1, 0.15) is 75.3 Å². The quantitative estimate of drug-likeness (QED) is 0.347. The lowest BCUT2D eigenvalue weighted by Gasteiger charge is -2.56. The SMILES string of the molecule is COc1cc(-c2[nH]nc(-c3ccc(C4CCC(N5CC6(CCOCC6)C5)CC4)cn3)c2C(C)C)cn2ncnc12. The third-order valence-electron chi connectivity index (χ3n) is 9.58. The molecule has 0 radical (unpaired) electrons. The molecule has 2 aliphatic heterocycles. The second-order valence-corrected chi connectivity index (χ2v) is 12.3. The molecule has 6 heterocycles. The predicted molar refractivity (Wildman–Crippen MR) is 153 cm³/mol. The van der Waals surface area contributed by atoms with Crippen molar-refractivity contribution in [1.82, 2.24) is 34.7 Å². The van der Waals surface area contributed by atoms with E-state index in [2.05, 4.69) is 52.3 Å². The Labute approximate surface area is 235 Å². The Bertz CT molecular complexity index is 1470. The number of aromatic nitrogens is 6. The Morgan fingerprint density at radius 3 is 2.58 bits per heavy atom. The van der Waals surface area contributed by atoms with Crippen LogP contribution in [-0.2, 0) is 4.74 Å². The maximum absolute atomic E-state index is 5.60. The molecule has 1 saturated carbocycles. The van der Waals surface area contributed by atoms with E-state index in [4.69, 9.17) is 19.6 Å². The number of pyridine rings is 2. The van der Waals surface area contributed by atoms with Crippen molar-refractivity contribution in [3.05, 3.63) is 48.0 Å². The minimum Gasteiger partial charge on any atom is -0.493 e. The molecule has 0 atom stereocenters. The zero-order chi connectivity index (χ0) is 27.3. The highest BCUT2D eigenvalue weighted by molar-refractivity contribution is 5.75. The molecule has 7 rings (SSSR count). The summed E-state index contributed by atoms with van der Waals surface area (Å²) in [4.78, 5) is 12.0. The van der Waals surface area contributed by atoms with Crippen LogP contribution in [0.25, 0.3) is 28.3 Å². The van der Waals surface area contributed by atoms with E-state index in [1.165, 1.54) is 63.5 Å². The first-order chi connectivity index (χ1) is 19.5. The zero-order valence-corrected chi connectivity index (χ0v) is 23.8.